The number of amides is 2. The monoisotopic (exact) mass is 474 g/mol. The number of thioether (sulfide) groups is 1. The second kappa shape index (κ2) is 9.83. The summed E-state index contributed by atoms with van der Waals surface area (Å²) in [6.07, 6.45) is 0. The number of nitrogens with one attached hydrogen (secondary N) is 1. The van der Waals surface area contributed by atoms with Gasteiger partial charge in [0.25, 0.3) is 5.91 Å². The van der Waals surface area contributed by atoms with Crippen molar-refractivity contribution in [3.63, 3.8) is 0 Å². The highest BCUT2D eigenvalue weighted by atomic mass is 32.2. The Morgan fingerprint density at radius 2 is 1.94 bits per heavy atom. The van der Waals surface area contributed by atoms with E-state index in [1.165, 1.54) is 23.0 Å². The van der Waals surface area contributed by atoms with Crippen molar-refractivity contribution in [2.24, 2.45) is 5.73 Å². The van der Waals surface area contributed by atoms with E-state index >= 15 is 0 Å². The molecule has 2 amide bonds. The zero-order valence-corrected chi connectivity index (χ0v) is 19.3. The van der Waals surface area contributed by atoms with Gasteiger partial charge in [0.2, 0.25) is 11.9 Å². The molecule has 3 rings (SSSR count). The number of anilines is 2. The van der Waals surface area contributed by atoms with Crippen LogP contribution in [0.5, 0.6) is 0 Å². The third-order valence-corrected chi connectivity index (χ3v) is 6.45. The van der Waals surface area contributed by atoms with Crippen LogP contribution in [0, 0.1) is 6.92 Å². The number of esters is 1. The Kier molecular flexibility index (Phi) is 7.15. The summed E-state index contributed by atoms with van der Waals surface area (Å²) < 4.78 is 6.02. The van der Waals surface area contributed by atoms with Crippen LogP contribution in [0.1, 0.15) is 28.9 Å². The number of carbonyl (C=O) groups excluding carboxylic acids is 3. The van der Waals surface area contributed by atoms with Gasteiger partial charge in [-0.25, -0.2) is 0 Å². The maximum Gasteiger partial charge on any atom is 0.316 e. The minimum Gasteiger partial charge on any atom is -0.468 e. The SMILES string of the molecule is COC(=O)CSc1nnc(N)n1C(C)C(=O)Nc1scc(-c2ccc(C)cc2)c1C(N)=O. The summed E-state index contributed by atoms with van der Waals surface area (Å²) in [5.41, 5.74) is 14.3. The molecule has 0 fully saturated rings. The number of hydrogen-bond acceptors (Lipinski definition) is 9. The molecule has 0 aliphatic carbocycles. The van der Waals surface area contributed by atoms with Crippen molar-refractivity contribution in [3.8, 4) is 11.1 Å². The number of benzene rings is 1. The van der Waals surface area contributed by atoms with Gasteiger partial charge < -0.3 is 21.5 Å². The first-order valence-electron chi connectivity index (χ1n) is 9.42. The number of primary amides is 1. The van der Waals surface area contributed by atoms with Gasteiger partial charge >= 0.3 is 5.97 Å². The Morgan fingerprint density at radius 1 is 1.25 bits per heavy atom. The lowest BCUT2D eigenvalue weighted by Gasteiger charge is -2.16. The molecule has 168 valence electrons. The Morgan fingerprint density at radius 3 is 2.56 bits per heavy atom. The van der Waals surface area contributed by atoms with Crippen molar-refractivity contribution in [1.29, 1.82) is 0 Å². The largest absolute Gasteiger partial charge is 0.468 e. The third-order valence-electron chi connectivity index (χ3n) is 4.64. The van der Waals surface area contributed by atoms with E-state index in [4.69, 9.17) is 11.5 Å². The van der Waals surface area contributed by atoms with Crippen LogP contribution in [0.2, 0.25) is 0 Å². The number of aromatic nitrogens is 3. The molecular weight excluding hydrogens is 452 g/mol. The average molecular weight is 475 g/mol. The lowest BCUT2D eigenvalue weighted by Crippen LogP contribution is -2.26. The summed E-state index contributed by atoms with van der Waals surface area (Å²) in [7, 11) is 1.28. The molecule has 1 atom stereocenters. The Labute approximate surface area is 192 Å². The van der Waals surface area contributed by atoms with Crippen LogP contribution in [0.25, 0.3) is 11.1 Å². The summed E-state index contributed by atoms with van der Waals surface area (Å²) in [4.78, 5) is 36.6. The van der Waals surface area contributed by atoms with Gasteiger partial charge in [-0.2, -0.15) is 0 Å². The minimum absolute atomic E-state index is 0.0143. The van der Waals surface area contributed by atoms with Crippen LogP contribution in [-0.4, -0.2) is 45.4 Å². The van der Waals surface area contributed by atoms with E-state index in [-0.39, 0.29) is 22.4 Å². The molecule has 10 nitrogen and oxygen atoms in total. The molecule has 12 heteroatoms. The zero-order chi connectivity index (χ0) is 23.4. The molecule has 32 heavy (non-hydrogen) atoms. The third kappa shape index (κ3) is 4.92. The van der Waals surface area contributed by atoms with Crippen molar-refractivity contribution in [3.05, 3.63) is 40.8 Å². The molecular formula is C20H22N6O4S2. The van der Waals surface area contributed by atoms with Gasteiger partial charge in [-0.1, -0.05) is 41.6 Å². The van der Waals surface area contributed by atoms with E-state index in [9.17, 15) is 14.4 Å². The highest BCUT2D eigenvalue weighted by molar-refractivity contribution is 7.99. The van der Waals surface area contributed by atoms with E-state index in [1.54, 1.807) is 12.3 Å². The summed E-state index contributed by atoms with van der Waals surface area (Å²) in [6, 6.07) is 6.82. The number of carbonyl (C=O) groups is 3. The molecule has 2 aromatic heterocycles. The Bertz CT molecular complexity index is 1160. The maximum absolute atomic E-state index is 13.0. The van der Waals surface area contributed by atoms with Gasteiger partial charge in [-0.3, -0.25) is 19.0 Å². The highest BCUT2D eigenvalue weighted by Gasteiger charge is 2.26. The fourth-order valence-electron chi connectivity index (χ4n) is 2.91. The summed E-state index contributed by atoms with van der Waals surface area (Å²) in [5, 5.41) is 12.9. The van der Waals surface area contributed by atoms with Crippen LogP contribution < -0.4 is 16.8 Å². The standard InChI is InChI=1S/C20H22N6O4S2/c1-10-4-6-12(7-5-10)13-8-31-18(15(13)16(21)28)23-17(29)11(2)26-19(22)24-25-20(26)32-9-14(27)30-3/h4-8,11H,9H2,1-3H3,(H2,21,28)(H2,22,24)(H,23,29). The second-order valence-electron chi connectivity index (χ2n) is 6.82. The molecule has 0 spiro atoms. The van der Waals surface area contributed by atoms with E-state index in [2.05, 4.69) is 20.3 Å². The topological polar surface area (TPSA) is 155 Å². The number of hydrogen-bond donors (Lipinski definition) is 3. The molecule has 0 aliphatic rings. The molecule has 0 saturated heterocycles. The number of rotatable bonds is 8. The van der Waals surface area contributed by atoms with E-state index in [0.717, 1.165) is 22.9 Å². The Balaban J connectivity index is 1.85. The number of thiophene rings is 1. The van der Waals surface area contributed by atoms with Crippen molar-refractivity contribution in [1.82, 2.24) is 14.8 Å². The smallest absolute Gasteiger partial charge is 0.316 e. The van der Waals surface area contributed by atoms with Crippen LogP contribution in [0.4, 0.5) is 10.9 Å². The quantitative estimate of drug-likeness (QED) is 0.332. The number of ether oxygens (including phenoxy) is 1. The van der Waals surface area contributed by atoms with E-state index in [1.807, 2.05) is 31.2 Å². The van der Waals surface area contributed by atoms with Gasteiger partial charge in [0.15, 0.2) is 5.16 Å². The normalized spacial score (nSPS) is 11.7. The molecule has 0 saturated carbocycles. The first-order valence-corrected chi connectivity index (χ1v) is 11.3. The van der Waals surface area contributed by atoms with Gasteiger partial charge in [0, 0.05) is 10.9 Å². The number of aryl methyl sites for hydroxylation is 1. The zero-order valence-electron chi connectivity index (χ0n) is 17.6. The van der Waals surface area contributed by atoms with Gasteiger partial charge in [0.1, 0.15) is 11.0 Å². The van der Waals surface area contributed by atoms with Gasteiger partial charge in [0.05, 0.1) is 18.4 Å². The van der Waals surface area contributed by atoms with Crippen molar-refractivity contribution in [2.45, 2.75) is 25.0 Å². The summed E-state index contributed by atoms with van der Waals surface area (Å²) >= 11 is 2.25. The first kappa shape index (κ1) is 23.3. The number of methoxy groups -OCH3 is 1. The molecule has 2 heterocycles. The molecule has 3 aromatic rings. The van der Waals surface area contributed by atoms with Crippen molar-refractivity contribution < 1.29 is 19.1 Å². The fraction of sp³-hybridized carbons (Fsp3) is 0.250. The second-order valence-corrected chi connectivity index (χ2v) is 8.65. The first-order chi connectivity index (χ1) is 15.2. The maximum atomic E-state index is 13.0. The molecule has 0 radical (unpaired) electrons. The summed E-state index contributed by atoms with van der Waals surface area (Å²) in [6.45, 7) is 3.57. The number of nitrogens with two attached hydrogens (primary N) is 2. The minimum atomic E-state index is -0.823. The number of nitrogens with zero attached hydrogens (tertiary/aromatic N) is 3. The van der Waals surface area contributed by atoms with Crippen LogP contribution >= 0.6 is 23.1 Å². The van der Waals surface area contributed by atoms with Crippen molar-refractivity contribution >= 4 is 51.8 Å². The predicted octanol–water partition coefficient (Wildman–Crippen LogP) is 2.46. The lowest BCUT2D eigenvalue weighted by molar-refractivity contribution is -0.137. The van der Waals surface area contributed by atoms with E-state index in [0.29, 0.717) is 10.6 Å². The lowest BCUT2D eigenvalue weighted by atomic mass is 10.0. The molecule has 0 bridgehead atoms. The predicted molar refractivity (Wildman–Crippen MR) is 124 cm³/mol. The molecule has 1 aromatic carbocycles. The van der Waals surface area contributed by atoms with E-state index < -0.39 is 23.8 Å². The molecule has 0 aliphatic heterocycles. The van der Waals surface area contributed by atoms with Crippen LogP contribution in [0.3, 0.4) is 0 Å². The molecule has 5 N–H and O–H groups in total. The van der Waals surface area contributed by atoms with Gasteiger partial charge in [-0.05, 0) is 19.4 Å². The Hall–Kier alpha value is -3.38. The average Bonchev–Trinajstić information content (AvgIpc) is 3.35. The van der Waals surface area contributed by atoms with Gasteiger partial charge in [-0.15, -0.1) is 21.5 Å². The highest BCUT2D eigenvalue weighted by Crippen LogP contribution is 2.36. The van der Waals surface area contributed by atoms with Crippen LogP contribution in [0.15, 0.2) is 34.8 Å². The van der Waals surface area contributed by atoms with Crippen molar-refractivity contribution in [2.75, 3.05) is 23.9 Å². The summed E-state index contributed by atoms with van der Waals surface area (Å²) in [5.74, 6) is -1.55. The molecule has 1 unspecified atom stereocenters. The fourth-order valence-corrected chi connectivity index (χ4v) is 4.74. The number of nitrogen functional groups attached to an aromatic ring is 1. The van der Waals surface area contributed by atoms with Crippen LogP contribution in [-0.2, 0) is 14.3 Å².